The molecule has 0 aliphatic carbocycles. The normalized spacial score (nSPS) is 10.1. The van der Waals surface area contributed by atoms with Crippen molar-refractivity contribution in [1.82, 2.24) is 9.97 Å². The van der Waals surface area contributed by atoms with E-state index in [1.165, 1.54) is 6.20 Å². The Morgan fingerprint density at radius 3 is 2.78 bits per heavy atom. The number of nitrogen functional groups attached to an aromatic ring is 1. The van der Waals surface area contributed by atoms with Crippen LogP contribution < -0.4 is 11.1 Å². The molecule has 0 radical (unpaired) electrons. The monoisotopic (exact) mass is 306 g/mol. The summed E-state index contributed by atoms with van der Waals surface area (Å²) in [5, 5.41) is 2.66. The number of nitrogens with two attached hydrogens (primary N) is 1. The number of halogens is 1. The molecule has 6 heteroatoms. The van der Waals surface area contributed by atoms with Crippen LogP contribution >= 0.6 is 15.9 Å². The molecular formula is C12H11BrN4O. The van der Waals surface area contributed by atoms with E-state index in [4.69, 9.17) is 5.73 Å². The molecule has 1 amide bonds. The molecule has 2 aromatic heterocycles. The number of aromatic nitrogens is 2. The van der Waals surface area contributed by atoms with Gasteiger partial charge in [-0.25, -0.2) is 9.97 Å². The molecule has 18 heavy (non-hydrogen) atoms. The van der Waals surface area contributed by atoms with Crippen molar-refractivity contribution in [3.05, 3.63) is 46.2 Å². The van der Waals surface area contributed by atoms with E-state index in [9.17, 15) is 4.79 Å². The van der Waals surface area contributed by atoms with Gasteiger partial charge in [-0.05, 0) is 40.5 Å². The highest BCUT2D eigenvalue weighted by atomic mass is 79.9. The molecule has 0 atom stereocenters. The first-order chi connectivity index (χ1) is 8.56. The molecular weight excluding hydrogens is 296 g/mol. The Hall–Kier alpha value is -1.95. The number of carbonyl (C=O) groups excluding carboxylic acids is 1. The van der Waals surface area contributed by atoms with Crippen molar-refractivity contribution < 1.29 is 4.79 Å². The van der Waals surface area contributed by atoms with E-state index >= 15 is 0 Å². The third-order valence-electron chi connectivity index (χ3n) is 2.28. The van der Waals surface area contributed by atoms with Gasteiger partial charge in [0.05, 0.1) is 5.56 Å². The SMILES string of the molecule is Cc1ccc(NC(=O)c2cc(Br)cnc2N)nc1. The van der Waals surface area contributed by atoms with E-state index in [2.05, 4.69) is 31.2 Å². The van der Waals surface area contributed by atoms with Crippen LogP contribution in [-0.2, 0) is 0 Å². The standard InChI is InChI=1S/C12H11BrN4O/c1-7-2-3-10(15-5-7)17-12(18)9-4-8(13)6-16-11(9)14/h2-6H,1H3,(H2,14,16)(H,15,17,18). The van der Waals surface area contributed by atoms with Gasteiger partial charge in [-0.3, -0.25) is 4.79 Å². The Bertz CT molecular complexity index is 583. The van der Waals surface area contributed by atoms with Crippen molar-refractivity contribution in [2.24, 2.45) is 0 Å². The molecule has 0 saturated carbocycles. The second kappa shape index (κ2) is 5.14. The van der Waals surface area contributed by atoms with Crippen LogP contribution in [0.15, 0.2) is 35.1 Å². The number of hydrogen-bond donors (Lipinski definition) is 2. The number of nitrogens with zero attached hydrogens (tertiary/aromatic N) is 2. The Balaban J connectivity index is 2.21. The predicted molar refractivity (Wildman–Crippen MR) is 73.3 cm³/mol. The van der Waals surface area contributed by atoms with Crippen LogP contribution in [0.4, 0.5) is 11.6 Å². The van der Waals surface area contributed by atoms with E-state index < -0.39 is 0 Å². The minimum Gasteiger partial charge on any atom is -0.383 e. The van der Waals surface area contributed by atoms with Gasteiger partial charge in [-0.1, -0.05) is 6.07 Å². The topological polar surface area (TPSA) is 80.9 Å². The summed E-state index contributed by atoms with van der Waals surface area (Å²) < 4.78 is 0.693. The van der Waals surface area contributed by atoms with Crippen molar-refractivity contribution in [2.45, 2.75) is 6.92 Å². The van der Waals surface area contributed by atoms with Crippen molar-refractivity contribution in [3.8, 4) is 0 Å². The molecule has 5 nitrogen and oxygen atoms in total. The molecule has 0 saturated heterocycles. The summed E-state index contributed by atoms with van der Waals surface area (Å²) in [7, 11) is 0. The zero-order valence-electron chi connectivity index (χ0n) is 9.64. The maximum Gasteiger partial charge on any atom is 0.260 e. The lowest BCUT2D eigenvalue weighted by molar-refractivity contribution is 0.102. The molecule has 2 rings (SSSR count). The fourth-order valence-electron chi connectivity index (χ4n) is 1.36. The number of hydrogen-bond acceptors (Lipinski definition) is 4. The summed E-state index contributed by atoms with van der Waals surface area (Å²) in [6, 6.07) is 5.21. The van der Waals surface area contributed by atoms with Crippen molar-refractivity contribution in [2.75, 3.05) is 11.1 Å². The van der Waals surface area contributed by atoms with E-state index in [0.29, 0.717) is 15.9 Å². The maximum atomic E-state index is 12.0. The molecule has 0 aliphatic rings. The third-order valence-corrected chi connectivity index (χ3v) is 2.72. The average molecular weight is 307 g/mol. The van der Waals surface area contributed by atoms with Crippen LogP contribution in [0, 0.1) is 6.92 Å². The Morgan fingerprint density at radius 1 is 1.33 bits per heavy atom. The quantitative estimate of drug-likeness (QED) is 0.892. The lowest BCUT2D eigenvalue weighted by Crippen LogP contribution is -2.15. The Kier molecular flexibility index (Phi) is 3.57. The molecule has 0 aromatic carbocycles. The average Bonchev–Trinajstić information content (AvgIpc) is 2.35. The van der Waals surface area contributed by atoms with Crippen LogP contribution in [0.3, 0.4) is 0 Å². The van der Waals surface area contributed by atoms with Gasteiger partial charge in [-0.15, -0.1) is 0 Å². The van der Waals surface area contributed by atoms with Gasteiger partial charge in [0.15, 0.2) is 0 Å². The van der Waals surface area contributed by atoms with E-state index in [1.54, 1.807) is 18.3 Å². The summed E-state index contributed by atoms with van der Waals surface area (Å²) in [6.45, 7) is 1.93. The maximum absolute atomic E-state index is 12.0. The van der Waals surface area contributed by atoms with Gasteiger partial charge in [0.2, 0.25) is 0 Å². The van der Waals surface area contributed by atoms with E-state index in [-0.39, 0.29) is 11.7 Å². The van der Waals surface area contributed by atoms with E-state index in [1.807, 2.05) is 13.0 Å². The zero-order chi connectivity index (χ0) is 13.1. The first-order valence-corrected chi connectivity index (χ1v) is 6.00. The van der Waals surface area contributed by atoms with Gasteiger partial charge >= 0.3 is 0 Å². The predicted octanol–water partition coefficient (Wildman–Crippen LogP) is 2.38. The van der Waals surface area contributed by atoms with Gasteiger partial charge in [0.25, 0.3) is 5.91 Å². The number of nitrogens with one attached hydrogen (secondary N) is 1. The molecule has 0 unspecified atom stereocenters. The Morgan fingerprint density at radius 2 is 2.11 bits per heavy atom. The van der Waals surface area contributed by atoms with Crippen LogP contribution in [0.2, 0.25) is 0 Å². The minimum atomic E-state index is -0.336. The van der Waals surface area contributed by atoms with Gasteiger partial charge < -0.3 is 11.1 Å². The molecule has 2 heterocycles. The molecule has 3 N–H and O–H groups in total. The summed E-state index contributed by atoms with van der Waals surface area (Å²) in [6.07, 6.45) is 3.22. The summed E-state index contributed by atoms with van der Waals surface area (Å²) in [5.74, 6) is 0.324. The number of anilines is 2. The fraction of sp³-hybridized carbons (Fsp3) is 0.0833. The molecule has 92 valence electrons. The van der Waals surface area contributed by atoms with Gasteiger partial charge in [0, 0.05) is 16.9 Å². The highest BCUT2D eigenvalue weighted by molar-refractivity contribution is 9.10. The summed E-state index contributed by atoms with van der Waals surface area (Å²) in [4.78, 5) is 20.0. The first-order valence-electron chi connectivity index (χ1n) is 5.21. The number of carbonyl (C=O) groups is 1. The minimum absolute atomic E-state index is 0.183. The van der Waals surface area contributed by atoms with Crippen LogP contribution in [0.25, 0.3) is 0 Å². The number of aryl methyl sites for hydroxylation is 1. The molecule has 0 fully saturated rings. The number of rotatable bonds is 2. The highest BCUT2D eigenvalue weighted by Crippen LogP contribution is 2.16. The summed E-state index contributed by atoms with van der Waals surface area (Å²) >= 11 is 3.25. The second-order valence-corrected chi connectivity index (χ2v) is 4.68. The van der Waals surface area contributed by atoms with Crippen LogP contribution in [-0.4, -0.2) is 15.9 Å². The second-order valence-electron chi connectivity index (χ2n) is 3.76. The third kappa shape index (κ3) is 2.84. The lowest BCUT2D eigenvalue weighted by Gasteiger charge is -2.06. The molecule has 0 aliphatic heterocycles. The van der Waals surface area contributed by atoms with Crippen LogP contribution in [0.5, 0.6) is 0 Å². The largest absolute Gasteiger partial charge is 0.383 e. The Labute approximate surface area is 113 Å². The molecule has 2 aromatic rings. The van der Waals surface area contributed by atoms with Crippen molar-refractivity contribution in [1.29, 1.82) is 0 Å². The number of pyridine rings is 2. The van der Waals surface area contributed by atoms with Gasteiger partial charge in [-0.2, -0.15) is 0 Å². The van der Waals surface area contributed by atoms with Crippen LogP contribution in [0.1, 0.15) is 15.9 Å². The van der Waals surface area contributed by atoms with Crippen molar-refractivity contribution >= 4 is 33.5 Å². The smallest absolute Gasteiger partial charge is 0.260 e. The molecule has 0 bridgehead atoms. The number of amides is 1. The highest BCUT2D eigenvalue weighted by Gasteiger charge is 2.12. The molecule has 0 spiro atoms. The van der Waals surface area contributed by atoms with Gasteiger partial charge in [0.1, 0.15) is 11.6 Å². The lowest BCUT2D eigenvalue weighted by atomic mass is 10.2. The fourth-order valence-corrected chi connectivity index (χ4v) is 1.69. The summed E-state index contributed by atoms with van der Waals surface area (Å²) in [5.41, 5.74) is 6.99. The zero-order valence-corrected chi connectivity index (χ0v) is 11.2. The van der Waals surface area contributed by atoms with Crippen molar-refractivity contribution in [3.63, 3.8) is 0 Å². The van der Waals surface area contributed by atoms with E-state index in [0.717, 1.165) is 5.56 Å². The first kappa shape index (κ1) is 12.5.